The molecule has 4 heteroatoms. The van der Waals surface area contributed by atoms with Crippen molar-refractivity contribution in [2.24, 2.45) is 0 Å². The lowest BCUT2D eigenvalue weighted by Crippen LogP contribution is -2.37. The van der Waals surface area contributed by atoms with E-state index in [0.717, 1.165) is 42.7 Å². The lowest BCUT2D eigenvalue weighted by molar-refractivity contribution is -0.131. The van der Waals surface area contributed by atoms with Gasteiger partial charge in [0, 0.05) is 42.7 Å². The van der Waals surface area contributed by atoms with E-state index < -0.39 is 0 Å². The zero-order chi connectivity index (χ0) is 13.9. The molecule has 1 saturated heterocycles. The van der Waals surface area contributed by atoms with E-state index >= 15 is 0 Å². The van der Waals surface area contributed by atoms with Crippen molar-refractivity contribution in [3.63, 3.8) is 0 Å². The zero-order valence-electron chi connectivity index (χ0n) is 11.7. The van der Waals surface area contributed by atoms with Gasteiger partial charge in [0.25, 0.3) is 0 Å². The topological polar surface area (TPSA) is 46.1 Å². The van der Waals surface area contributed by atoms with Crippen LogP contribution in [-0.2, 0) is 4.79 Å². The van der Waals surface area contributed by atoms with Crippen molar-refractivity contribution in [1.29, 1.82) is 0 Å². The van der Waals surface area contributed by atoms with Crippen LogP contribution < -0.4 is 0 Å². The van der Waals surface area contributed by atoms with Crippen LogP contribution in [0, 0.1) is 0 Å². The Morgan fingerprint density at radius 3 is 2.85 bits per heavy atom. The first kappa shape index (κ1) is 13.0. The molecule has 1 fully saturated rings. The molecular formula is C16H19N3O. The van der Waals surface area contributed by atoms with Gasteiger partial charge in [-0.15, -0.1) is 0 Å². The molecule has 104 valence electrons. The SMILES string of the molecule is CCC(=O)N1CCC(c2ccc3cccnc3n2)CC1. The number of fused-ring (bicyclic) bond motifs is 1. The van der Waals surface area contributed by atoms with E-state index in [-0.39, 0.29) is 5.91 Å². The molecule has 0 radical (unpaired) electrons. The Bertz CT molecular complexity index is 618. The summed E-state index contributed by atoms with van der Waals surface area (Å²) in [5.41, 5.74) is 1.93. The first-order valence-corrected chi connectivity index (χ1v) is 7.27. The van der Waals surface area contributed by atoms with Crippen molar-refractivity contribution in [3.05, 3.63) is 36.2 Å². The van der Waals surface area contributed by atoms with Gasteiger partial charge in [-0.1, -0.05) is 6.92 Å². The summed E-state index contributed by atoms with van der Waals surface area (Å²) < 4.78 is 0. The number of amides is 1. The van der Waals surface area contributed by atoms with Crippen LogP contribution in [-0.4, -0.2) is 33.9 Å². The number of hydrogen-bond acceptors (Lipinski definition) is 3. The lowest BCUT2D eigenvalue weighted by Gasteiger charge is -2.31. The average molecular weight is 269 g/mol. The highest BCUT2D eigenvalue weighted by molar-refractivity contribution is 5.76. The van der Waals surface area contributed by atoms with Crippen LogP contribution in [0.15, 0.2) is 30.5 Å². The largest absolute Gasteiger partial charge is 0.343 e. The second-order valence-corrected chi connectivity index (χ2v) is 5.29. The molecule has 2 aromatic rings. The predicted octanol–water partition coefficient (Wildman–Crippen LogP) is 2.75. The molecule has 0 atom stereocenters. The minimum Gasteiger partial charge on any atom is -0.343 e. The van der Waals surface area contributed by atoms with E-state index in [0.29, 0.717) is 12.3 Å². The Kier molecular flexibility index (Phi) is 3.63. The number of pyridine rings is 2. The second-order valence-electron chi connectivity index (χ2n) is 5.29. The van der Waals surface area contributed by atoms with Gasteiger partial charge in [-0.25, -0.2) is 9.97 Å². The number of carbonyl (C=O) groups excluding carboxylic acids is 1. The van der Waals surface area contributed by atoms with Crippen LogP contribution in [0.3, 0.4) is 0 Å². The maximum atomic E-state index is 11.7. The average Bonchev–Trinajstić information content (AvgIpc) is 2.54. The van der Waals surface area contributed by atoms with Gasteiger partial charge in [-0.05, 0) is 37.1 Å². The summed E-state index contributed by atoms with van der Waals surface area (Å²) in [7, 11) is 0. The van der Waals surface area contributed by atoms with Gasteiger partial charge >= 0.3 is 0 Å². The van der Waals surface area contributed by atoms with Crippen LogP contribution in [0.1, 0.15) is 37.8 Å². The molecule has 0 unspecified atom stereocenters. The number of nitrogens with zero attached hydrogens (tertiary/aromatic N) is 3. The normalized spacial score (nSPS) is 16.6. The lowest BCUT2D eigenvalue weighted by atomic mass is 9.92. The minimum atomic E-state index is 0.261. The molecule has 0 aromatic carbocycles. The fraction of sp³-hybridized carbons (Fsp3) is 0.438. The Balaban J connectivity index is 1.75. The standard InChI is InChI=1S/C16H19N3O/c1-2-15(20)19-10-7-12(8-11-19)14-6-5-13-4-3-9-17-16(13)18-14/h3-6,9,12H,2,7-8,10-11H2,1H3. The first-order chi connectivity index (χ1) is 9.78. The number of aromatic nitrogens is 2. The van der Waals surface area contributed by atoms with Crippen LogP contribution in [0.4, 0.5) is 0 Å². The first-order valence-electron chi connectivity index (χ1n) is 7.27. The third-order valence-corrected chi connectivity index (χ3v) is 4.05. The molecule has 0 bridgehead atoms. The highest BCUT2D eigenvalue weighted by atomic mass is 16.2. The number of likely N-dealkylation sites (tertiary alicyclic amines) is 1. The van der Waals surface area contributed by atoms with Crippen molar-refractivity contribution in [2.45, 2.75) is 32.1 Å². The Hall–Kier alpha value is -1.97. The van der Waals surface area contributed by atoms with Crippen molar-refractivity contribution < 1.29 is 4.79 Å². The summed E-state index contributed by atoms with van der Waals surface area (Å²) in [5.74, 6) is 0.707. The fourth-order valence-electron chi connectivity index (χ4n) is 2.84. The monoisotopic (exact) mass is 269 g/mol. The van der Waals surface area contributed by atoms with E-state index in [1.54, 1.807) is 6.20 Å². The highest BCUT2D eigenvalue weighted by Gasteiger charge is 2.23. The molecule has 0 saturated carbocycles. The molecule has 0 aliphatic carbocycles. The molecular weight excluding hydrogens is 250 g/mol. The molecule has 0 spiro atoms. The van der Waals surface area contributed by atoms with E-state index in [9.17, 15) is 4.79 Å². The van der Waals surface area contributed by atoms with Crippen LogP contribution >= 0.6 is 0 Å². The summed E-state index contributed by atoms with van der Waals surface area (Å²) in [6.45, 7) is 3.61. The molecule has 1 amide bonds. The van der Waals surface area contributed by atoms with Gasteiger partial charge in [-0.3, -0.25) is 4.79 Å². The third kappa shape index (κ3) is 2.50. The maximum absolute atomic E-state index is 11.7. The predicted molar refractivity (Wildman–Crippen MR) is 78.4 cm³/mol. The summed E-state index contributed by atoms with van der Waals surface area (Å²) in [6, 6.07) is 8.15. The maximum Gasteiger partial charge on any atom is 0.222 e. The molecule has 3 heterocycles. The second kappa shape index (κ2) is 5.57. The highest BCUT2D eigenvalue weighted by Crippen LogP contribution is 2.27. The van der Waals surface area contributed by atoms with Crippen LogP contribution in [0.5, 0.6) is 0 Å². The number of piperidine rings is 1. The Morgan fingerprint density at radius 2 is 2.10 bits per heavy atom. The summed E-state index contributed by atoms with van der Waals surface area (Å²) in [6.07, 6.45) is 4.37. The summed E-state index contributed by atoms with van der Waals surface area (Å²) in [4.78, 5) is 22.6. The van der Waals surface area contributed by atoms with Crippen molar-refractivity contribution in [2.75, 3.05) is 13.1 Å². The van der Waals surface area contributed by atoms with Gasteiger partial charge in [0.05, 0.1) is 0 Å². The molecule has 1 aliphatic rings. The van der Waals surface area contributed by atoms with Crippen LogP contribution in [0.2, 0.25) is 0 Å². The van der Waals surface area contributed by atoms with Crippen LogP contribution in [0.25, 0.3) is 11.0 Å². The summed E-state index contributed by atoms with van der Waals surface area (Å²) in [5, 5.41) is 1.08. The van der Waals surface area contributed by atoms with Crippen molar-refractivity contribution in [3.8, 4) is 0 Å². The quantitative estimate of drug-likeness (QED) is 0.842. The molecule has 2 aromatic heterocycles. The summed E-state index contributed by atoms with van der Waals surface area (Å²) >= 11 is 0. The molecule has 3 rings (SSSR count). The van der Waals surface area contributed by atoms with E-state index in [2.05, 4.69) is 22.1 Å². The molecule has 1 aliphatic heterocycles. The molecule has 4 nitrogen and oxygen atoms in total. The third-order valence-electron chi connectivity index (χ3n) is 4.05. The Labute approximate surface area is 118 Å². The Morgan fingerprint density at radius 1 is 1.30 bits per heavy atom. The molecule has 0 N–H and O–H groups in total. The number of carbonyl (C=O) groups is 1. The van der Waals surface area contributed by atoms with E-state index in [1.165, 1.54) is 0 Å². The van der Waals surface area contributed by atoms with E-state index in [1.807, 2.05) is 24.0 Å². The minimum absolute atomic E-state index is 0.261. The molecule has 20 heavy (non-hydrogen) atoms. The van der Waals surface area contributed by atoms with Gasteiger partial charge in [0.15, 0.2) is 5.65 Å². The van der Waals surface area contributed by atoms with Gasteiger partial charge in [0.1, 0.15) is 0 Å². The fourth-order valence-corrected chi connectivity index (χ4v) is 2.84. The van der Waals surface area contributed by atoms with E-state index in [4.69, 9.17) is 0 Å². The van der Waals surface area contributed by atoms with Gasteiger partial charge in [-0.2, -0.15) is 0 Å². The number of hydrogen-bond donors (Lipinski definition) is 0. The van der Waals surface area contributed by atoms with Crippen molar-refractivity contribution >= 4 is 16.9 Å². The van der Waals surface area contributed by atoms with Crippen molar-refractivity contribution in [1.82, 2.24) is 14.9 Å². The zero-order valence-corrected chi connectivity index (χ0v) is 11.7. The smallest absolute Gasteiger partial charge is 0.222 e. The van der Waals surface area contributed by atoms with Gasteiger partial charge in [0.2, 0.25) is 5.91 Å². The van der Waals surface area contributed by atoms with Gasteiger partial charge < -0.3 is 4.90 Å². The number of rotatable bonds is 2.